The highest BCUT2D eigenvalue weighted by atomic mass is 15.0. The van der Waals surface area contributed by atoms with Gasteiger partial charge in [0.15, 0.2) is 0 Å². The molecule has 0 radical (unpaired) electrons. The standard InChI is InChI=1S/C12H11N3.C2H6/c1-9-7-14-11-6-10(2-5-15(9)11)12(8-13)3-4-12;1-2/h2,5-7H,3-4H2,1H3;1-2H3. The van der Waals surface area contributed by atoms with Crippen LogP contribution in [0.25, 0.3) is 5.65 Å². The second kappa shape index (κ2) is 4.21. The first-order valence-electron chi connectivity index (χ1n) is 6.11. The summed E-state index contributed by atoms with van der Waals surface area (Å²) in [4.78, 5) is 4.31. The third-order valence-corrected chi connectivity index (χ3v) is 3.21. The zero-order valence-corrected chi connectivity index (χ0v) is 10.6. The average Bonchev–Trinajstić information content (AvgIpc) is 3.12. The predicted octanol–water partition coefficient (Wildman–Crippen LogP) is 3.22. The Morgan fingerprint density at radius 3 is 2.71 bits per heavy atom. The Morgan fingerprint density at radius 1 is 1.41 bits per heavy atom. The number of nitrogens with zero attached hydrogens (tertiary/aromatic N) is 3. The molecule has 0 unspecified atom stereocenters. The maximum atomic E-state index is 9.11. The van der Waals surface area contributed by atoms with Gasteiger partial charge in [0.2, 0.25) is 0 Å². The molecule has 3 rings (SSSR count). The van der Waals surface area contributed by atoms with E-state index in [0.29, 0.717) is 0 Å². The lowest BCUT2D eigenvalue weighted by Gasteiger charge is -2.06. The van der Waals surface area contributed by atoms with Crippen molar-refractivity contribution in [2.45, 2.75) is 39.0 Å². The van der Waals surface area contributed by atoms with Crippen LogP contribution in [0, 0.1) is 18.3 Å². The van der Waals surface area contributed by atoms with Crippen molar-refractivity contribution in [1.82, 2.24) is 9.38 Å². The number of hydrogen-bond donors (Lipinski definition) is 0. The second-order valence-electron chi connectivity index (χ2n) is 4.24. The Bertz CT molecular complexity index is 571. The molecule has 0 amide bonds. The van der Waals surface area contributed by atoms with Gasteiger partial charge in [-0.1, -0.05) is 13.8 Å². The van der Waals surface area contributed by atoms with Gasteiger partial charge in [-0.25, -0.2) is 4.98 Å². The minimum Gasteiger partial charge on any atom is -0.304 e. The summed E-state index contributed by atoms with van der Waals surface area (Å²) in [6, 6.07) is 6.47. The van der Waals surface area contributed by atoms with Crippen molar-refractivity contribution in [3.63, 3.8) is 0 Å². The van der Waals surface area contributed by atoms with Crippen molar-refractivity contribution >= 4 is 5.65 Å². The molecule has 0 aromatic carbocycles. The summed E-state index contributed by atoms with van der Waals surface area (Å²) < 4.78 is 2.04. The molecular weight excluding hydrogens is 210 g/mol. The molecule has 17 heavy (non-hydrogen) atoms. The summed E-state index contributed by atoms with van der Waals surface area (Å²) in [6.07, 6.45) is 5.83. The summed E-state index contributed by atoms with van der Waals surface area (Å²) in [5, 5.41) is 9.11. The monoisotopic (exact) mass is 227 g/mol. The van der Waals surface area contributed by atoms with Gasteiger partial charge in [-0.3, -0.25) is 0 Å². The molecule has 88 valence electrons. The van der Waals surface area contributed by atoms with E-state index in [1.54, 1.807) is 0 Å². The van der Waals surface area contributed by atoms with E-state index in [4.69, 9.17) is 5.26 Å². The Labute approximate surface area is 102 Å². The van der Waals surface area contributed by atoms with Crippen LogP contribution in [0.2, 0.25) is 0 Å². The van der Waals surface area contributed by atoms with Crippen molar-refractivity contribution in [3.8, 4) is 6.07 Å². The van der Waals surface area contributed by atoms with Gasteiger partial charge in [0.05, 0.1) is 11.5 Å². The topological polar surface area (TPSA) is 41.1 Å². The van der Waals surface area contributed by atoms with Gasteiger partial charge in [0, 0.05) is 18.1 Å². The molecule has 3 nitrogen and oxygen atoms in total. The molecule has 2 aromatic rings. The predicted molar refractivity (Wildman–Crippen MR) is 67.8 cm³/mol. The molecule has 1 aliphatic rings. The SMILES string of the molecule is CC.Cc1cnc2cc(C3(C#N)CC3)ccn12. The summed E-state index contributed by atoms with van der Waals surface area (Å²) in [7, 11) is 0. The lowest BCUT2D eigenvalue weighted by atomic mass is 9.99. The summed E-state index contributed by atoms with van der Waals surface area (Å²) >= 11 is 0. The third kappa shape index (κ3) is 1.80. The molecule has 1 aliphatic carbocycles. The quantitative estimate of drug-likeness (QED) is 0.750. The first-order chi connectivity index (χ1) is 8.25. The lowest BCUT2D eigenvalue weighted by molar-refractivity contribution is 0.901. The number of pyridine rings is 1. The van der Waals surface area contributed by atoms with Crippen LogP contribution >= 0.6 is 0 Å². The number of aromatic nitrogens is 2. The van der Waals surface area contributed by atoms with E-state index >= 15 is 0 Å². The van der Waals surface area contributed by atoms with Gasteiger partial charge < -0.3 is 4.40 Å². The van der Waals surface area contributed by atoms with Gasteiger partial charge in [0.1, 0.15) is 5.65 Å². The molecule has 0 aliphatic heterocycles. The third-order valence-electron chi connectivity index (χ3n) is 3.21. The zero-order chi connectivity index (χ0) is 12.5. The Kier molecular flexibility index (Phi) is 2.89. The summed E-state index contributed by atoms with van der Waals surface area (Å²) in [5.74, 6) is 0. The molecule has 0 bridgehead atoms. The van der Waals surface area contributed by atoms with Gasteiger partial charge in [-0.2, -0.15) is 5.26 Å². The van der Waals surface area contributed by atoms with Crippen LogP contribution in [-0.2, 0) is 5.41 Å². The van der Waals surface area contributed by atoms with Crippen molar-refractivity contribution in [1.29, 1.82) is 5.26 Å². The van der Waals surface area contributed by atoms with E-state index in [0.717, 1.165) is 29.7 Å². The van der Waals surface area contributed by atoms with Crippen LogP contribution in [-0.4, -0.2) is 9.38 Å². The normalized spacial score (nSPS) is 15.9. The summed E-state index contributed by atoms with van der Waals surface area (Å²) in [5.41, 5.74) is 2.97. The van der Waals surface area contributed by atoms with Crippen molar-refractivity contribution < 1.29 is 0 Å². The highest BCUT2D eigenvalue weighted by molar-refractivity contribution is 5.49. The number of imidazole rings is 1. The smallest absolute Gasteiger partial charge is 0.137 e. The van der Waals surface area contributed by atoms with Crippen molar-refractivity contribution in [2.24, 2.45) is 0 Å². The maximum absolute atomic E-state index is 9.11. The van der Waals surface area contributed by atoms with E-state index in [2.05, 4.69) is 11.1 Å². The molecule has 2 heterocycles. The van der Waals surface area contributed by atoms with Gasteiger partial charge in [0.25, 0.3) is 0 Å². The van der Waals surface area contributed by atoms with Crippen molar-refractivity contribution in [3.05, 3.63) is 35.8 Å². The van der Waals surface area contributed by atoms with Crippen LogP contribution in [0.5, 0.6) is 0 Å². The highest BCUT2D eigenvalue weighted by Crippen LogP contribution is 2.47. The maximum Gasteiger partial charge on any atom is 0.137 e. The average molecular weight is 227 g/mol. The van der Waals surface area contributed by atoms with E-state index < -0.39 is 0 Å². The minimum atomic E-state index is -0.207. The number of rotatable bonds is 1. The van der Waals surface area contributed by atoms with Crippen molar-refractivity contribution in [2.75, 3.05) is 0 Å². The number of aryl methyl sites for hydroxylation is 1. The molecule has 1 saturated carbocycles. The number of hydrogen-bond acceptors (Lipinski definition) is 2. The van der Waals surface area contributed by atoms with Gasteiger partial charge in [-0.05, 0) is 37.5 Å². The van der Waals surface area contributed by atoms with Crippen LogP contribution < -0.4 is 0 Å². The van der Waals surface area contributed by atoms with E-state index in [-0.39, 0.29) is 5.41 Å². The summed E-state index contributed by atoms with van der Waals surface area (Å²) in [6.45, 7) is 6.02. The molecule has 0 saturated heterocycles. The Balaban J connectivity index is 0.000000514. The first kappa shape index (κ1) is 11.7. The zero-order valence-electron chi connectivity index (χ0n) is 10.6. The van der Waals surface area contributed by atoms with E-state index in [1.807, 2.05) is 49.7 Å². The first-order valence-corrected chi connectivity index (χ1v) is 6.11. The van der Waals surface area contributed by atoms with Crippen LogP contribution in [0.4, 0.5) is 0 Å². The number of fused-ring (bicyclic) bond motifs is 1. The largest absolute Gasteiger partial charge is 0.304 e. The fourth-order valence-corrected chi connectivity index (χ4v) is 2.00. The Hall–Kier alpha value is -1.82. The molecule has 0 spiro atoms. The molecule has 1 fully saturated rings. The Morgan fingerprint density at radius 2 is 2.12 bits per heavy atom. The molecule has 3 heteroatoms. The highest BCUT2D eigenvalue weighted by Gasteiger charge is 2.45. The minimum absolute atomic E-state index is 0.207. The van der Waals surface area contributed by atoms with E-state index in [9.17, 15) is 0 Å². The molecule has 2 aromatic heterocycles. The lowest BCUT2D eigenvalue weighted by Crippen LogP contribution is -2.03. The fourth-order valence-electron chi connectivity index (χ4n) is 2.00. The van der Waals surface area contributed by atoms with Crippen LogP contribution in [0.15, 0.2) is 24.5 Å². The second-order valence-corrected chi connectivity index (χ2v) is 4.24. The van der Waals surface area contributed by atoms with Crippen LogP contribution in [0.3, 0.4) is 0 Å². The molecule has 0 N–H and O–H groups in total. The molecular formula is C14H17N3. The number of nitriles is 1. The fraction of sp³-hybridized carbons (Fsp3) is 0.429. The molecule has 0 atom stereocenters. The van der Waals surface area contributed by atoms with Crippen LogP contribution in [0.1, 0.15) is 37.9 Å². The van der Waals surface area contributed by atoms with Gasteiger partial charge in [-0.15, -0.1) is 0 Å². The van der Waals surface area contributed by atoms with E-state index in [1.165, 1.54) is 0 Å². The van der Waals surface area contributed by atoms with Gasteiger partial charge >= 0.3 is 0 Å².